The molecule has 3 heteroatoms. The molecule has 0 aromatic rings. The monoisotopic (exact) mass is 224 g/mol. The third-order valence-corrected chi connectivity index (χ3v) is 4.38. The summed E-state index contributed by atoms with van der Waals surface area (Å²) in [4.78, 5) is 12.2. The Bertz CT molecular complexity index is 259. The molecule has 3 N–H and O–H groups in total. The Morgan fingerprint density at radius 2 is 1.88 bits per heavy atom. The predicted molar refractivity (Wildman–Crippen MR) is 64.9 cm³/mol. The largest absolute Gasteiger partial charge is 0.352 e. The van der Waals surface area contributed by atoms with E-state index in [1.807, 2.05) is 0 Å². The first-order chi connectivity index (χ1) is 7.62. The number of rotatable bonds is 2. The summed E-state index contributed by atoms with van der Waals surface area (Å²) < 4.78 is 0. The minimum absolute atomic E-state index is 0.103. The molecule has 2 saturated carbocycles. The van der Waals surface area contributed by atoms with Gasteiger partial charge in [-0.05, 0) is 31.6 Å². The minimum Gasteiger partial charge on any atom is -0.352 e. The Morgan fingerprint density at radius 3 is 2.44 bits per heavy atom. The smallest absolute Gasteiger partial charge is 0.240 e. The number of carbonyl (C=O) groups is 1. The van der Waals surface area contributed by atoms with Gasteiger partial charge in [0.15, 0.2) is 0 Å². The van der Waals surface area contributed by atoms with Gasteiger partial charge in [-0.2, -0.15) is 0 Å². The molecule has 0 aliphatic heterocycles. The first-order valence-corrected chi connectivity index (χ1v) is 6.72. The molecular weight excluding hydrogens is 200 g/mol. The summed E-state index contributed by atoms with van der Waals surface area (Å²) in [6.45, 7) is 2.22. The van der Waals surface area contributed by atoms with Crippen molar-refractivity contribution in [3.05, 3.63) is 0 Å². The summed E-state index contributed by atoms with van der Waals surface area (Å²) in [5.41, 5.74) is 5.65. The Labute approximate surface area is 98.2 Å². The number of carbonyl (C=O) groups excluding carboxylic acids is 1. The molecular formula is C13H24N2O. The van der Waals surface area contributed by atoms with Crippen LogP contribution in [0.5, 0.6) is 0 Å². The van der Waals surface area contributed by atoms with Crippen molar-refractivity contribution in [2.45, 2.75) is 69.9 Å². The zero-order valence-corrected chi connectivity index (χ0v) is 10.3. The van der Waals surface area contributed by atoms with Crippen LogP contribution in [0.3, 0.4) is 0 Å². The van der Waals surface area contributed by atoms with Gasteiger partial charge in [0.05, 0.1) is 5.54 Å². The van der Waals surface area contributed by atoms with Crippen molar-refractivity contribution in [1.82, 2.24) is 5.32 Å². The van der Waals surface area contributed by atoms with Crippen LogP contribution < -0.4 is 11.1 Å². The molecule has 92 valence electrons. The molecule has 2 unspecified atom stereocenters. The first kappa shape index (κ1) is 11.9. The molecule has 2 atom stereocenters. The van der Waals surface area contributed by atoms with E-state index in [-0.39, 0.29) is 5.91 Å². The van der Waals surface area contributed by atoms with E-state index < -0.39 is 5.54 Å². The maximum atomic E-state index is 12.2. The zero-order chi connectivity index (χ0) is 11.6. The van der Waals surface area contributed by atoms with Crippen LogP contribution in [0.1, 0.15) is 58.3 Å². The van der Waals surface area contributed by atoms with E-state index in [1.54, 1.807) is 0 Å². The lowest BCUT2D eigenvalue weighted by atomic mass is 9.81. The molecule has 3 nitrogen and oxygen atoms in total. The number of amides is 1. The highest BCUT2D eigenvalue weighted by atomic mass is 16.2. The van der Waals surface area contributed by atoms with Gasteiger partial charge < -0.3 is 11.1 Å². The third kappa shape index (κ3) is 2.40. The molecule has 0 bridgehead atoms. The van der Waals surface area contributed by atoms with E-state index in [0.717, 1.165) is 32.1 Å². The highest BCUT2D eigenvalue weighted by Gasteiger charge is 2.37. The lowest BCUT2D eigenvalue weighted by Gasteiger charge is -2.33. The summed E-state index contributed by atoms with van der Waals surface area (Å²) in [6, 6.07) is 0.370. The summed E-state index contributed by atoms with van der Waals surface area (Å²) in [7, 11) is 0. The zero-order valence-electron chi connectivity index (χ0n) is 10.3. The number of nitrogens with one attached hydrogen (secondary N) is 1. The van der Waals surface area contributed by atoms with E-state index in [2.05, 4.69) is 12.2 Å². The predicted octanol–water partition coefficient (Wildman–Crippen LogP) is 1.95. The Kier molecular flexibility index (Phi) is 3.53. The first-order valence-electron chi connectivity index (χ1n) is 6.72. The lowest BCUT2D eigenvalue weighted by Crippen LogP contribution is -2.57. The molecule has 2 aliphatic carbocycles. The molecule has 2 fully saturated rings. The van der Waals surface area contributed by atoms with Gasteiger partial charge in [-0.15, -0.1) is 0 Å². The van der Waals surface area contributed by atoms with Gasteiger partial charge in [0.25, 0.3) is 0 Å². The van der Waals surface area contributed by atoms with Crippen molar-refractivity contribution in [1.29, 1.82) is 0 Å². The van der Waals surface area contributed by atoms with Crippen molar-refractivity contribution in [2.75, 3.05) is 0 Å². The van der Waals surface area contributed by atoms with Gasteiger partial charge in [-0.3, -0.25) is 4.79 Å². The van der Waals surface area contributed by atoms with Gasteiger partial charge in [0, 0.05) is 6.04 Å². The SMILES string of the molecule is CC1CCCC1NC(=O)C1(N)CCCCC1. The van der Waals surface area contributed by atoms with Gasteiger partial charge in [-0.1, -0.05) is 32.6 Å². The van der Waals surface area contributed by atoms with Gasteiger partial charge >= 0.3 is 0 Å². The van der Waals surface area contributed by atoms with Crippen molar-refractivity contribution in [3.63, 3.8) is 0 Å². The van der Waals surface area contributed by atoms with Crippen molar-refractivity contribution >= 4 is 5.91 Å². The topological polar surface area (TPSA) is 55.1 Å². The van der Waals surface area contributed by atoms with E-state index >= 15 is 0 Å². The minimum atomic E-state index is -0.569. The quantitative estimate of drug-likeness (QED) is 0.753. The Hall–Kier alpha value is -0.570. The van der Waals surface area contributed by atoms with Crippen LogP contribution in [0.2, 0.25) is 0 Å². The summed E-state index contributed by atoms with van der Waals surface area (Å²) in [5.74, 6) is 0.724. The van der Waals surface area contributed by atoms with E-state index in [1.165, 1.54) is 19.3 Å². The van der Waals surface area contributed by atoms with Gasteiger partial charge in [0.1, 0.15) is 0 Å². The molecule has 0 heterocycles. The van der Waals surface area contributed by atoms with E-state index in [0.29, 0.717) is 12.0 Å². The summed E-state index contributed by atoms with van der Waals surface area (Å²) in [6.07, 6.45) is 8.76. The standard InChI is InChI=1S/C13H24N2O/c1-10-6-5-7-11(10)15-12(16)13(14)8-3-2-4-9-13/h10-11H,2-9,14H2,1H3,(H,15,16). The molecule has 1 amide bonds. The van der Waals surface area contributed by atoms with Crippen LogP contribution in [0, 0.1) is 5.92 Å². The van der Waals surface area contributed by atoms with Gasteiger partial charge in [0.2, 0.25) is 5.91 Å². The fourth-order valence-corrected chi connectivity index (χ4v) is 3.08. The highest BCUT2D eigenvalue weighted by molar-refractivity contribution is 5.86. The number of nitrogens with two attached hydrogens (primary N) is 1. The van der Waals surface area contributed by atoms with Crippen LogP contribution >= 0.6 is 0 Å². The average molecular weight is 224 g/mol. The third-order valence-electron chi connectivity index (χ3n) is 4.38. The molecule has 0 saturated heterocycles. The van der Waals surface area contributed by atoms with Crippen LogP contribution in [-0.2, 0) is 4.79 Å². The van der Waals surface area contributed by atoms with Crippen LogP contribution in [-0.4, -0.2) is 17.5 Å². The number of hydrogen-bond acceptors (Lipinski definition) is 2. The molecule has 0 aromatic carbocycles. The maximum absolute atomic E-state index is 12.2. The fourth-order valence-electron chi connectivity index (χ4n) is 3.08. The summed E-state index contributed by atoms with van der Waals surface area (Å²) in [5, 5.41) is 3.17. The van der Waals surface area contributed by atoms with Crippen molar-refractivity contribution in [2.24, 2.45) is 11.7 Å². The van der Waals surface area contributed by atoms with Crippen molar-refractivity contribution in [3.8, 4) is 0 Å². The molecule has 0 spiro atoms. The number of hydrogen-bond donors (Lipinski definition) is 2. The maximum Gasteiger partial charge on any atom is 0.240 e. The molecule has 0 radical (unpaired) electrons. The second-order valence-corrected chi connectivity index (χ2v) is 5.70. The normalized spacial score (nSPS) is 33.6. The molecule has 16 heavy (non-hydrogen) atoms. The summed E-state index contributed by atoms with van der Waals surface area (Å²) >= 11 is 0. The van der Waals surface area contributed by atoms with Crippen LogP contribution in [0.25, 0.3) is 0 Å². The van der Waals surface area contributed by atoms with E-state index in [4.69, 9.17) is 5.73 Å². The average Bonchev–Trinajstić information content (AvgIpc) is 2.65. The van der Waals surface area contributed by atoms with Crippen LogP contribution in [0.15, 0.2) is 0 Å². The van der Waals surface area contributed by atoms with Gasteiger partial charge in [-0.25, -0.2) is 0 Å². The second-order valence-electron chi connectivity index (χ2n) is 5.70. The Morgan fingerprint density at radius 1 is 1.19 bits per heavy atom. The lowest BCUT2D eigenvalue weighted by molar-refractivity contribution is -0.128. The molecule has 2 aliphatic rings. The second kappa shape index (κ2) is 4.74. The fraction of sp³-hybridized carbons (Fsp3) is 0.923. The molecule has 2 rings (SSSR count). The van der Waals surface area contributed by atoms with Crippen LogP contribution in [0.4, 0.5) is 0 Å². The van der Waals surface area contributed by atoms with Crippen molar-refractivity contribution < 1.29 is 4.79 Å². The highest BCUT2D eigenvalue weighted by Crippen LogP contribution is 2.29. The van der Waals surface area contributed by atoms with E-state index in [9.17, 15) is 4.79 Å². The molecule has 0 aromatic heterocycles. The Balaban J connectivity index is 1.91.